The summed E-state index contributed by atoms with van der Waals surface area (Å²) < 4.78 is 12.4. The molecule has 0 saturated carbocycles. The first kappa shape index (κ1) is 19.8. The van der Waals surface area contributed by atoms with Gasteiger partial charge in [-0.25, -0.2) is 4.79 Å². The molecule has 3 aromatic rings. The van der Waals surface area contributed by atoms with Crippen molar-refractivity contribution in [3.8, 4) is 0 Å². The van der Waals surface area contributed by atoms with Gasteiger partial charge in [-0.1, -0.05) is 46.3 Å². The van der Waals surface area contributed by atoms with E-state index in [1.807, 2.05) is 42.5 Å². The van der Waals surface area contributed by atoms with Crippen LogP contribution in [0.25, 0.3) is 10.9 Å². The molecule has 144 valence electrons. The van der Waals surface area contributed by atoms with Gasteiger partial charge in [0, 0.05) is 29.4 Å². The summed E-state index contributed by atoms with van der Waals surface area (Å²) in [6, 6.07) is 14.8. The highest BCUT2D eigenvalue weighted by molar-refractivity contribution is 9.10. The number of benzene rings is 2. The fourth-order valence-corrected chi connectivity index (χ4v) is 3.16. The molecule has 0 amide bonds. The van der Waals surface area contributed by atoms with Crippen molar-refractivity contribution in [1.29, 1.82) is 0 Å². The van der Waals surface area contributed by atoms with Crippen LogP contribution in [0.2, 0.25) is 0 Å². The lowest BCUT2D eigenvalue weighted by molar-refractivity contribution is -0.145. The third-order valence-electron chi connectivity index (χ3n) is 4.07. The molecule has 2 aromatic carbocycles. The highest BCUT2D eigenvalue weighted by Crippen LogP contribution is 2.26. The van der Waals surface area contributed by atoms with Crippen molar-refractivity contribution in [2.45, 2.75) is 20.0 Å². The van der Waals surface area contributed by atoms with Crippen molar-refractivity contribution >= 4 is 44.7 Å². The van der Waals surface area contributed by atoms with E-state index >= 15 is 0 Å². The standard InChI is InChI=1S/C21H18BrNO5/c1-14(24)27-13-18(25)9-16-11-23(20-8-7-17(22)10-19(16)20)21(26)28-12-15-5-3-2-4-6-15/h2-8,10-11H,9,12-13H2,1H3. The third-order valence-corrected chi connectivity index (χ3v) is 4.57. The summed E-state index contributed by atoms with van der Waals surface area (Å²) >= 11 is 3.41. The van der Waals surface area contributed by atoms with Crippen LogP contribution >= 0.6 is 15.9 Å². The molecule has 1 heterocycles. The number of carbonyl (C=O) groups excluding carboxylic acids is 3. The lowest BCUT2D eigenvalue weighted by atomic mass is 10.1. The van der Waals surface area contributed by atoms with Crippen LogP contribution in [0.5, 0.6) is 0 Å². The summed E-state index contributed by atoms with van der Waals surface area (Å²) in [5, 5.41) is 0.752. The van der Waals surface area contributed by atoms with E-state index in [9.17, 15) is 14.4 Å². The lowest BCUT2D eigenvalue weighted by Crippen LogP contribution is -2.14. The molecule has 0 aliphatic heterocycles. The fraction of sp³-hybridized carbons (Fsp3) is 0.190. The Morgan fingerprint density at radius 1 is 1.04 bits per heavy atom. The van der Waals surface area contributed by atoms with E-state index in [-0.39, 0.29) is 25.4 Å². The zero-order valence-electron chi connectivity index (χ0n) is 15.2. The summed E-state index contributed by atoms with van der Waals surface area (Å²) in [5.41, 5.74) is 2.17. The first-order valence-electron chi connectivity index (χ1n) is 8.59. The van der Waals surface area contributed by atoms with Gasteiger partial charge in [-0.05, 0) is 29.3 Å². The van der Waals surface area contributed by atoms with E-state index in [1.54, 1.807) is 12.3 Å². The van der Waals surface area contributed by atoms with Gasteiger partial charge in [-0.15, -0.1) is 0 Å². The minimum Gasteiger partial charge on any atom is -0.458 e. The van der Waals surface area contributed by atoms with Gasteiger partial charge in [-0.3, -0.25) is 14.2 Å². The van der Waals surface area contributed by atoms with Gasteiger partial charge < -0.3 is 9.47 Å². The molecule has 28 heavy (non-hydrogen) atoms. The van der Waals surface area contributed by atoms with Gasteiger partial charge in [0.05, 0.1) is 5.52 Å². The number of nitrogens with zero attached hydrogens (tertiary/aromatic N) is 1. The molecule has 0 bridgehead atoms. The number of hydrogen-bond donors (Lipinski definition) is 0. The molecule has 0 aliphatic rings. The topological polar surface area (TPSA) is 74.6 Å². The monoisotopic (exact) mass is 443 g/mol. The van der Waals surface area contributed by atoms with Gasteiger partial charge in [-0.2, -0.15) is 0 Å². The Labute approximate surface area is 170 Å². The summed E-state index contributed by atoms with van der Waals surface area (Å²) in [7, 11) is 0. The van der Waals surface area contributed by atoms with E-state index in [1.165, 1.54) is 11.5 Å². The van der Waals surface area contributed by atoms with Crippen LogP contribution in [-0.2, 0) is 32.1 Å². The quantitative estimate of drug-likeness (QED) is 0.531. The Morgan fingerprint density at radius 3 is 2.50 bits per heavy atom. The van der Waals surface area contributed by atoms with Gasteiger partial charge in [0.1, 0.15) is 13.2 Å². The molecule has 0 N–H and O–H groups in total. The summed E-state index contributed by atoms with van der Waals surface area (Å²) in [6.07, 6.45) is 1.10. The third kappa shape index (κ3) is 4.86. The molecule has 6 nitrogen and oxygen atoms in total. The summed E-state index contributed by atoms with van der Waals surface area (Å²) in [5.74, 6) is -0.769. The molecule has 0 saturated heterocycles. The maximum atomic E-state index is 12.6. The second kappa shape index (κ2) is 8.84. The molecular weight excluding hydrogens is 426 g/mol. The van der Waals surface area contributed by atoms with Crippen molar-refractivity contribution in [1.82, 2.24) is 4.57 Å². The Balaban J connectivity index is 1.83. The summed E-state index contributed by atoms with van der Waals surface area (Å²) in [6.45, 7) is 1.10. The van der Waals surface area contributed by atoms with Crippen molar-refractivity contribution in [2.24, 2.45) is 0 Å². The Kier molecular flexibility index (Phi) is 6.26. The van der Waals surface area contributed by atoms with Gasteiger partial charge in [0.25, 0.3) is 0 Å². The number of halogens is 1. The first-order chi connectivity index (χ1) is 13.4. The SMILES string of the molecule is CC(=O)OCC(=O)Cc1cn(C(=O)OCc2ccccc2)c2ccc(Br)cc12. The maximum Gasteiger partial charge on any atom is 0.418 e. The molecule has 0 radical (unpaired) electrons. The fourth-order valence-electron chi connectivity index (χ4n) is 2.80. The average Bonchev–Trinajstić information content (AvgIpc) is 3.03. The predicted octanol–water partition coefficient (Wildman–Crippen LogP) is 4.26. The summed E-state index contributed by atoms with van der Waals surface area (Å²) in [4.78, 5) is 35.6. The van der Waals surface area contributed by atoms with Crippen LogP contribution < -0.4 is 0 Å². The predicted molar refractivity (Wildman–Crippen MR) is 107 cm³/mol. The number of Topliss-reactive ketones (excluding diaryl/α,β-unsaturated/α-hetero) is 1. The number of hydrogen-bond acceptors (Lipinski definition) is 5. The highest BCUT2D eigenvalue weighted by Gasteiger charge is 2.17. The Morgan fingerprint density at radius 2 is 1.79 bits per heavy atom. The van der Waals surface area contributed by atoms with Crippen molar-refractivity contribution in [3.63, 3.8) is 0 Å². The van der Waals surface area contributed by atoms with E-state index in [2.05, 4.69) is 15.9 Å². The maximum absolute atomic E-state index is 12.6. The van der Waals surface area contributed by atoms with Crippen LogP contribution in [0.3, 0.4) is 0 Å². The molecule has 7 heteroatoms. The number of ketones is 1. The van der Waals surface area contributed by atoms with Crippen LogP contribution in [0.1, 0.15) is 18.1 Å². The molecule has 0 spiro atoms. The van der Waals surface area contributed by atoms with E-state index < -0.39 is 12.1 Å². The highest BCUT2D eigenvalue weighted by atomic mass is 79.9. The number of fused-ring (bicyclic) bond motifs is 1. The van der Waals surface area contributed by atoms with Crippen LogP contribution in [0, 0.1) is 0 Å². The Hall–Kier alpha value is -2.93. The number of aromatic nitrogens is 1. The Bertz CT molecular complexity index is 1030. The van der Waals surface area contributed by atoms with Crippen LogP contribution in [0.15, 0.2) is 59.2 Å². The number of rotatable bonds is 6. The van der Waals surface area contributed by atoms with Crippen LogP contribution in [-0.4, -0.2) is 29.0 Å². The molecule has 0 fully saturated rings. The van der Waals surface area contributed by atoms with Gasteiger partial charge in [0.15, 0.2) is 5.78 Å². The minimum atomic E-state index is -0.533. The second-order valence-electron chi connectivity index (χ2n) is 6.22. The number of ether oxygens (including phenoxy) is 2. The van der Waals surface area contributed by atoms with Crippen molar-refractivity contribution in [3.05, 3.63) is 70.3 Å². The van der Waals surface area contributed by atoms with E-state index in [0.717, 1.165) is 15.4 Å². The zero-order chi connectivity index (χ0) is 20.1. The first-order valence-corrected chi connectivity index (χ1v) is 9.39. The molecule has 0 unspecified atom stereocenters. The number of esters is 1. The number of carbonyl (C=O) groups is 3. The van der Waals surface area contributed by atoms with Gasteiger partial charge >= 0.3 is 12.1 Å². The van der Waals surface area contributed by atoms with Crippen molar-refractivity contribution < 1.29 is 23.9 Å². The zero-order valence-corrected chi connectivity index (χ0v) is 16.8. The normalized spacial score (nSPS) is 10.6. The molecule has 3 rings (SSSR count). The lowest BCUT2D eigenvalue weighted by Gasteiger charge is -2.06. The largest absolute Gasteiger partial charge is 0.458 e. The molecule has 0 atom stereocenters. The van der Waals surface area contributed by atoms with Crippen molar-refractivity contribution in [2.75, 3.05) is 6.61 Å². The van der Waals surface area contributed by atoms with Crippen LogP contribution in [0.4, 0.5) is 4.79 Å². The second-order valence-corrected chi connectivity index (χ2v) is 7.14. The molecule has 1 aromatic heterocycles. The average molecular weight is 444 g/mol. The van der Waals surface area contributed by atoms with E-state index in [4.69, 9.17) is 9.47 Å². The molecule has 0 aliphatic carbocycles. The van der Waals surface area contributed by atoms with E-state index in [0.29, 0.717) is 11.1 Å². The smallest absolute Gasteiger partial charge is 0.418 e. The minimum absolute atomic E-state index is 0.0409. The van der Waals surface area contributed by atoms with Gasteiger partial charge in [0.2, 0.25) is 0 Å². The molecular formula is C21H18BrNO5.